The molecule has 1 aliphatic rings. The van der Waals surface area contributed by atoms with Crippen LogP contribution in [0.5, 0.6) is 0 Å². The molecule has 0 bridgehead atoms. The first kappa shape index (κ1) is 26.0. The molecule has 0 atom stereocenters. The molecule has 1 fully saturated rings. The minimum atomic E-state index is -4.69. The van der Waals surface area contributed by atoms with Crippen molar-refractivity contribution in [3.05, 3.63) is 62.7 Å². The summed E-state index contributed by atoms with van der Waals surface area (Å²) in [6, 6.07) is 6.27. The van der Waals surface area contributed by atoms with Crippen LogP contribution >= 0.6 is 0 Å². The van der Waals surface area contributed by atoms with Gasteiger partial charge in [0.25, 0.3) is 11.6 Å². The number of amides is 1. The topological polar surface area (TPSA) is 102 Å². The molecule has 2 aromatic carbocycles. The predicted molar refractivity (Wildman–Crippen MR) is 123 cm³/mol. The number of carbonyl (C=O) groups excluding carboxylic acids is 2. The highest BCUT2D eigenvalue weighted by Crippen LogP contribution is 2.37. The Balaban J connectivity index is 1.56. The van der Waals surface area contributed by atoms with Crippen molar-refractivity contribution in [2.45, 2.75) is 39.8 Å². The highest BCUT2D eigenvalue weighted by molar-refractivity contribution is 5.94. The average molecular weight is 493 g/mol. The quantitative estimate of drug-likeness (QED) is 0.348. The molecule has 11 heteroatoms. The monoisotopic (exact) mass is 493 g/mol. The van der Waals surface area contributed by atoms with Crippen molar-refractivity contribution in [2.75, 3.05) is 29.9 Å². The number of nitrogens with zero attached hydrogens (tertiary/aromatic N) is 2. The van der Waals surface area contributed by atoms with E-state index in [1.165, 1.54) is 0 Å². The number of rotatable bonds is 6. The molecule has 188 valence electrons. The molecule has 2 aromatic rings. The summed E-state index contributed by atoms with van der Waals surface area (Å²) in [4.78, 5) is 36.8. The third-order valence-electron chi connectivity index (χ3n) is 5.96. The van der Waals surface area contributed by atoms with E-state index in [2.05, 4.69) is 5.32 Å². The molecule has 1 heterocycles. The van der Waals surface area contributed by atoms with Gasteiger partial charge in [0.05, 0.1) is 16.4 Å². The largest absolute Gasteiger partial charge is 0.455 e. The van der Waals surface area contributed by atoms with Gasteiger partial charge < -0.3 is 15.0 Å². The van der Waals surface area contributed by atoms with Gasteiger partial charge >= 0.3 is 12.1 Å². The number of benzene rings is 2. The number of halogens is 3. The van der Waals surface area contributed by atoms with Crippen molar-refractivity contribution in [1.29, 1.82) is 0 Å². The van der Waals surface area contributed by atoms with Crippen LogP contribution in [0.4, 0.5) is 30.2 Å². The predicted octanol–water partition coefficient (Wildman–Crippen LogP) is 4.94. The molecular formula is C24H26F3N3O5. The van der Waals surface area contributed by atoms with Crippen molar-refractivity contribution in [2.24, 2.45) is 5.92 Å². The van der Waals surface area contributed by atoms with Crippen molar-refractivity contribution >= 4 is 28.9 Å². The first-order chi connectivity index (χ1) is 16.4. The Bertz CT molecular complexity index is 1120. The summed E-state index contributed by atoms with van der Waals surface area (Å²) >= 11 is 0. The van der Waals surface area contributed by atoms with E-state index in [0.717, 1.165) is 28.8 Å². The van der Waals surface area contributed by atoms with Gasteiger partial charge in [0.15, 0.2) is 6.61 Å². The van der Waals surface area contributed by atoms with E-state index in [-0.39, 0.29) is 31.6 Å². The Morgan fingerprint density at radius 1 is 1.11 bits per heavy atom. The fourth-order valence-corrected chi connectivity index (χ4v) is 4.28. The molecule has 0 aliphatic carbocycles. The summed E-state index contributed by atoms with van der Waals surface area (Å²) in [5, 5.41) is 14.1. The molecule has 0 spiro atoms. The van der Waals surface area contributed by atoms with E-state index < -0.39 is 46.8 Å². The average Bonchev–Trinajstić information content (AvgIpc) is 2.79. The number of nitro groups is 1. The number of hydrogen-bond donors (Lipinski definition) is 1. The molecule has 3 rings (SSSR count). The molecule has 0 radical (unpaired) electrons. The second kappa shape index (κ2) is 10.3. The molecule has 0 unspecified atom stereocenters. The second-order valence-corrected chi connectivity index (χ2v) is 8.65. The summed E-state index contributed by atoms with van der Waals surface area (Å²) in [5.41, 5.74) is 1.86. The number of alkyl halides is 3. The maximum Gasteiger partial charge on any atom is 0.416 e. The molecule has 1 amide bonds. The molecule has 8 nitrogen and oxygen atoms in total. The number of hydrogen-bond acceptors (Lipinski definition) is 6. The highest BCUT2D eigenvalue weighted by atomic mass is 19.4. The summed E-state index contributed by atoms with van der Waals surface area (Å²) in [7, 11) is 0. The maximum absolute atomic E-state index is 12.9. The summed E-state index contributed by atoms with van der Waals surface area (Å²) in [6.07, 6.45) is -4.12. The van der Waals surface area contributed by atoms with Crippen LogP contribution in [-0.4, -0.2) is 36.5 Å². The van der Waals surface area contributed by atoms with Crippen molar-refractivity contribution in [3.63, 3.8) is 0 Å². The number of carbonyl (C=O) groups is 2. The summed E-state index contributed by atoms with van der Waals surface area (Å²) in [6.45, 7) is 5.69. The van der Waals surface area contributed by atoms with Crippen LogP contribution in [0.3, 0.4) is 0 Å². The molecular weight excluding hydrogens is 467 g/mol. The highest BCUT2D eigenvalue weighted by Gasteiger charge is 2.35. The van der Waals surface area contributed by atoms with Crippen LogP contribution in [0, 0.1) is 36.8 Å². The van der Waals surface area contributed by atoms with Gasteiger partial charge in [0.2, 0.25) is 0 Å². The zero-order chi connectivity index (χ0) is 25.9. The van der Waals surface area contributed by atoms with Crippen LogP contribution in [0.2, 0.25) is 0 Å². The third kappa shape index (κ3) is 6.28. The maximum atomic E-state index is 12.9. The number of piperidine rings is 1. The van der Waals surface area contributed by atoms with E-state index in [1.807, 2.05) is 32.9 Å². The minimum absolute atomic E-state index is 0.0676. The van der Waals surface area contributed by atoms with E-state index >= 15 is 0 Å². The lowest BCUT2D eigenvalue weighted by Gasteiger charge is -2.32. The molecule has 1 N–H and O–H groups in total. The lowest BCUT2D eigenvalue weighted by atomic mass is 9.96. The summed E-state index contributed by atoms with van der Waals surface area (Å²) in [5.74, 6) is -1.54. The van der Waals surface area contributed by atoms with Crippen LogP contribution in [-0.2, 0) is 20.5 Å². The summed E-state index contributed by atoms with van der Waals surface area (Å²) < 4.78 is 44.0. The van der Waals surface area contributed by atoms with Gasteiger partial charge in [-0.2, -0.15) is 13.2 Å². The first-order valence-corrected chi connectivity index (χ1v) is 11.0. The Hall–Kier alpha value is -3.63. The van der Waals surface area contributed by atoms with E-state index in [4.69, 9.17) is 4.74 Å². The third-order valence-corrected chi connectivity index (χ3v) is 5.96. The van der Waals surface area contributed by atoms with Gasteiger partial charge in [-0.25, -0.2) is 0 Å². The van der Waals surface area contributed by atoms with Crippen molar-refractivity contribution < 1.29 is 32.4 Å². The van der Waals surface area contributed by atoms with Gasteiger partial charge in [-0.1, -0.05) is 17.7 Å². The second-order valence-electron chi connectivity index (χ2n) is 8.65. The normalized spacial score (nSPS) is 14.5. The zero-order valence-corrected chi connectivity index (χ0v) is 19.6. The Morgan fingerprint density at radius 3 is 2.26 bits per heavy atom. The van der Waals surface area contributed by atoms with Gasteiger partial charge in [-0.05, 0) is 56.9 Å². The molecule has 0 saturated carbocycles. The van der Waals surface area contributed by atoms with Crippen LogP contribution in [0.15, 0.2) is 30.3 Å². The number of anilines is 2. The van der Waals surface area contributed by atoms with Crippen LogP contribution in [0.25, 0.3) is 0 Å². The smallest absolute Gasteiger partial charge is 0.416 e. The van der Waals surface area contributed by atoms with Gasteiger partial charge in [-0.3, -0.25) is 19.7 Å². The minimum Gasteiger partial charge on any atom is -0.455 e. The molecule has 1 saturated heterocycles. The van der Waals surface area contributed by atoms with Crippen LogP contribution in [0.1, 0.15) is 35.1 Å². The fourth-order valence-electron chi connectivity index (χ4n) is 4.28. The van der Waals surface area contributed by atoms with E-state index in [1.54, 1.807) is 4.90 Å². The molecule has 0 aromatic heterocycles. The van der Waals surface area contributed by atoms with Crippen molar-refractivity contribution in [1.82, 2.24) is 0 Å². The van der Waals surface area contributed by atoms with E-state index in [9.17, 15) is 32.9 Å². The number of esters is 1. The number of nitro benzene ring substituents is 1. The SMILES string of the molecule is Cc1cc(C)c(NC(=O)COC(=O)C2CCN(c3ccc(C(F)(F)F)cc3[N+](=O)[O-])CC2)c(C)c1. The van der Waals surface area contributed by atoms with Gasteiger partial charge in [0.1, 0.15) is 5.69 Å². The van der Waals surface area contributed by atoms with Crippen LogP contribution < -0.4 is 10.2 Å². The zero-order valence-electron chi connectivity index (χ0n) is 19.6. The Morgan fingerprint density at radius 2 is 1.71 bits per heavy atom. The number of nitrogens with one attached hydrogen (secondary N) is 1. The van der Waals surface area contributed by atoms with Gasteiger partial charge in [0, 0.05) is 24.8 Å². The Kier molecular flexibility index (Phi) is 7.67. The van der Waals surface area contributed by atoms with E-state index in [0.29, 0.717) is 11.8 Å². The first-order valence-electron chi connectivity index (χ1n) is 11.0. The molecule has 1 aliphatic heterocycles. The standard InChI is InChI=1S/C24H26F3N3O5/c1-14-10-15(2)22(16(3)11-14)28-21(31)13-35-23(32)17-6-8-29(9-7-17)19-5-4-18(24(25,26)27)12-20(19)30(33)34/h4-5,10-12,17H,6-9,13H2,1-3H3,(H,28,31). The lowest BCUT2D eigenvalue weighted by molar-refractivity contribution is -0.384. The number of aryl methyl sites for hydroxylation is 3. The van der Waals surface area contributed by atoms with Crippen molar-refractivity contribution in [3.8, 4) is 0 Å². The van der Waals surface area contributed by atoms with Gasteiger partial charge in [-0.15, -0.1) is 0 Å². The fraction of sp³-hybridized carbons (Fsp3) is 0.417. The number of ether oxygens (including phenoxy) is 1. The lowest BCUT2D eigenvalue weighted by Crippen LogP contribution is -2.38. The Labute approximate surface area is 200 Å². The molecule has 35 heavy (non-hydrogen) atoms.